The summed E-state index contributed by atoms with van der Waals surface area (Å²) in [5, 5.41) is 4.13. The number of rotatable bonds is 2. The van der Waals surface area contributed by atoms with Crippen molar-refractivity contribution < 1.29 is 9.59 Å². The lowest BCUT2D eigenvalue weighted by molar-refractivity contribution is -0.118. The molecule has 1 fully saturated rings. The molecule has 4 aromatic rings. The first kappa shape index (κ1) is 19.7. The zero-order valence-corrected chi connectivity index (χ0v) is 18.0. The van der Waals surface area contributed by atoms with Crippen LogP contribution in [0.15, 0.2) is 71.5 Å². The Morgan fingerprint density at radius 1 is 0.848 bits per heavy atom. The van der Waals surface area contributed by atoms with Gasteiger partial charge in [0.2, 0.25) is 5.91 Å². The Morgan fingerprint density at radius 3 is 2.42 bits per heavy atom. The van der Waals surface area contributed by atoms with E-state index in [4.69, 9.17) is 0 Å². The Labute approximate surface area is 190 Å². The van der Waals surface area contributed by atoms with Gasteiger partial charge in [-0.2, -0.15) is 0 Å². The van der Waals surface area contributed by atoms with Crippen LogP contribution < -0.4 is 10.7 Å². The first-order chi connectivity index (χ1) is 16.1. The molecule has 1 atom stereocenters. The quantitative estimate of drug-likeness (QED) is 0.460. The minimum Gasteiger partial charge on any atom is -0.354 e. The van der Waals surface area contributed by atoms with Crippen LogP contribution in [0.4, 0.5) is 5.69 Å². The van der Waals surface area contributed by atoms with E-state index < -0.39 is 0 Å². The molecule has 2 aliphatic rings. The highest BCUT2D eigenvalue weighted by molar-refractivity contribution is 6.07. The second kappa shape index (κ2) is 7.59. The highest BCUT2D eigenvalue weighted by atomic mass is 16.2. The van der Waals surface area contributed by atoms with Gasteiger partial charge in [0.15, 0.2) is 5.43 Å². The van der Waals surface area contributed by atoms with Gasteiger partial charge in [0, 0.05) is 35.1 Å². The van der Waals surface area contributed by atoms with E-state index in [1.165, 1.54) is 0 Å². The number of pyridine rings is 1. The van der Waals surface area contributed by atoms with Crippen LogP contribution in [0.3, 0.4) is 0 Å². The Morgan fingerprint density at radius 2 is 1.58 bits per heavy atom. The van der Waals surface area contributed by atoms with Crippen LogP contribution in [0.1, 0.15) is 34.7 Å². The van der Waals surface area contributed by atoms with Crippen molar-refractivity contribution in [3.63, 3.8) is 0 Å². The summed E-state index contributed by atoms with van der Waals surface area (Å²) in [6.07, 6.45) is 1.53. The number of aromatic nitrogens is 1. The minimum atomic E-state index is -0.154. The molecular weight excluding hydrogens is 414 g/mol. The monoisotopic (exact) mass is 437 g/mol. The molecule has 0 spiro atoms. The topological polar surface area (TPSA) is 82.3 Å². The molecule has 6 heteroatoms. The van der Waals surface area contributed by atoms with E-state index in [9.17, 15) is 14.4 Å². The summed E-state index contributed by atoms with van der Waals surface area (Å²) in [6, 6.07) is 20.5. The lowest BCUT2D eigenvalue weighted by Crippen LogP contribution is -2.40. The van der Waals surface area contributed by atoms with Crippen molar-refractivity contribution in [3.8, 4) is 0 Å². The number of para-hydroxylation sites is 3. The van der Waals surface area contributed by atoms with Gasteiger partial charge in [0.1, 0.15) is 0 Å². The van der Waals surface area contributed by atoms with Crippen molar-refractivity contribution in [2.24, 2.45) is 5.92 Å². The summed E-state index contributed by atoms with van der Waals surface area (Å²) < 4.78 is 0. The minimum absolute atomic E-state index is 0.0551. The van der Waals surface area contributed by atoms with Crippen molar-refractivity contribution >= 4 is 39.3 Å². The molecule has 3 heterocycles. The summed E-state index contributed by atoms with van der Waals surface area (Å²) >= 11 is 0. The number of hydrogen-bond acceptors (Lipinski definition) is 3. The molecule has 3 aromatic carbocycles. The third-order valence-electron chi connectivity index (χ3n) is 7.11. The van der Waals surface area contributed by atoms with Gasteiger partial charge in [0.25, 0.3) is 5.91 Å². The lowest BCUT2D eigenvalue weighted by atomic mass is 9.80. The molecule has 2 aliphatic heterocycles. The summed E-state index contributed by atoms with van der Waals surface area (Å²) in [5.41, 5.74) is 3.71. The van der Waals surface area contributed by atoms with Crippen LogP contribution in [0.25, 0.3) is 21.8 Å². The number of nitrogens with one attached hydrogen (secondary N) is 2. The summed E-state index contributed by atoms with van der Waals surface area (Å²) in [4.78, 5) is 44.2. The van der Waals surface area contributed by atoms with Crippen LogP contribution in [-0.2, 0) is 4.79 Å². The van der Waals surface area contributed by atoms with Gasteiger partial charge in [0.05, 0.1) is 17.0 Å². The van der Waals surface area contributed by atoms with Gasteiger partial charge in [-0.15, -0.1) is 0 Å². The maximum Gasteiger partial charge on any atom is 0.255 e. The number of nitrogens with zero attached hydrogens (tertiary/aromatic N) is 1. The van der Waals surface area contributed by atoms with Crippen LogP contribution in [0.5, 0.6) is 0 Å². The number of hydrogen-bond donors (Lipinski definition) is 2. The second-order valence-corrected chi connectivity index (χ2v) is 8.91. The summed E-state index contributed by atoms with van der Waals surface area (Å²) in [5.74, 6) is 0.0217. The number of anilines is 1. The van der Waals surface area contributed by atoms with Crippen molar-refractivity contribution in [1.29, 1.82) is 0 Å². The number of piperidine rings is 1. The van der Waals surface area contributed by atoms with Gasteiger partial charge in [-0.3, -0.25) is 14.4 Å². The molecule has 164 valence electrons. The van der Waals surface area contributed by atoms with Gasteiger partial charge in [-0.05, 0) is 54.7 Å². The number of likely N-dealkylation sites (tertiary alicyclic amines) is 1. The van der Waals surface area contributed by atoms with E-state index in [1.54, 1.807) is 24.3 Å². The standard InChI is InChI=1S/C27H23N3O3/c31-25-18-7-2-4-11-22(18)28-24-19(25)8-5-9-20(24)27(33)30-14-12-16(13-15-30)23-17-6-1-3-10-21(17)29-26(23)32/h1-11,16,23H,12-15H2,(H,28,31)(H,29,32). The molecule has 2 N–H and O–H groups in total. The molecule has 33 heavy (non-hydrogen) atoms. The molecule has 0 radical (unpaired) electrons. The number of carbonyl (C=O) groups is 2. The van der Waals surface area contributed by atoms with Crippen LogP contribution in [0, 0.1) is 5.92 Å². The number of aromatic amines is 1. The zero-order valence-electron chi connectivity index (χ0n) is 18.0. The summed E-state index contributed by atoms with van der Waals surface area (Å²) in [7, 11) is 0. The molecule has 2 amide bonds. The largest absolute Gasteiger partial charge is 0.354 e. The Kier molecular flexibility index (Phi) is 4.54. The number of benzene rings is 3. The summed E-state index contributed by atoms with van der Waals surface area (Å²) in [6.45, 7) is 1.17. The molecule has 0 aliphatic carbocycles. The number of carbonyl (C=O) groups excluding carboxylic acids is 2. The molecule has 6 rings (SSSR count). The predicted octanol–water partition coefficient (Wildman–Crippen LogP) is 4.27. The van der Waals surface area contributed by atoms with Crippen molar-refractivity contribution in [2.75, 3.05) is 18.4 Å². The fourth-order valence-electron chi connectivity index (χ4n) is 5.43. The molecule has 6 nitrogen and oxygen atoms in total. The average molecular weight is 437 g/mol. The first-order valence-electron chi connectivity index (χ1n) is 11.3. The van der Waals surface area contributed by atoms with Crippen molar-refractivity contribution in [2.45, 2.75) is 18.8 Å². The van der Waals surface area contributed by atoms with Crippen molar-refractivity contribution in [3.05, 3.63) is 88.1 Å². The Hall–Kier alpha value is -3.93. The van der Waals surface area contributed by atoms with E-state index in [2.05, 4.69) is 10.3 Å². The van der Waals surface area contributed by atoms with E-state index in [1.807, 2.05) is 47.4 Å². The predicted molar refractivity (Wildman–Crippen MR) is 129 cm³/mol. The first-order valence-corrected chi connectivity index (χ1v) is 11.3. The van der Waals surface area contributed by atoms with Crippen LogP contribution >= 0.6 is 0 Å². The highest BCUT2D eigenvalue weighted by Gasteiger charge is 2.38. The van der Waals surface area contributed by atoms with E-state index in [0.29, 0.717) is 34.9 Å². The zero-order chi connectivity index (χ0) is 22.5. The van der Waals surface area contributed by atoms with Gasteiger partial charge in [-0.1, -0.05) is 36.4 Å². The van der Waals surface area contributed by atoms with Gasteiger partial charge < -0.3 is 15.2 Å². The van der Waals surface area contributed by atoms with Crippen molar-refractivity contribution in [1.82, 2.24) is 9.88 Å². The van der Waals surface area contributed by atoms with E-state index in [0.717, 1.165) is 29.6 Å². The van der Waals surface area contributed by atoms with Gasteiger partial charge in [-0.25, -0.2) is 0 Å². The molecule has 1 saturated heterocycles. The lowest BCUT2D eigenvalue weighted by Gasteiger charge is -2.34. The van der Waals surface area contributed by atoms with Crippen LogP contribution in [0.2, 0.25) is 0 Å². The molecular formula is C27H23N3O3. The maximum atomic E-state index is 13.5. The Bertz CT molecular complexity index is 1480. The Balaban J connectivity index is 1.28. The normalized spacial score (nSPS) is 18.5. The third-order valence-corrected chi connectivity index (χ3v) is 7.11. The third kappa shape index (κ3) is 3.13. The van der Waals surface area contributed by atoms with Gasteiger partial charge >= 0.3 is 0 Å². The van der Waals surface area contributed by atoms with Crippen LogP contribution in [-0.4, -0.2) is 34.8 Å². The fourth-order valence-corrected chi connectivity index (χ4v) is 5.43. The number of H-pyrrole nitrogens is 1. The average Bonchev–Trinajstić information content (AvgIpc) is 3.19. The molecule has 1 unspecified atom stereocenters. The second-order valence-electron chi connectivity index (χ2n) is 8.91. The SMILES string of the molecule is O=C1Nc2ccccc2C1C1CCN(C(=O)c2cccc3c(=O)c4ccccc4[nH]c23)CC1. The smallest absolute Gasteiger partial charge is 0.255 e. The highest BCUT2D eigenvalue weighted by Crippen LogP contribution is 2.41. The molecule has 0 bridgehead atoms. The number of fused-ring (bicyclic) bond motifs is 3. The van der Waals surface area contributed by atoms with E-state index in [-0.39, 0.29) is 29.1 Å². The fraction of sp³-hybridized carbons (Fsp3) is 0.222. The maximum absolute atomic E-state index is 13.5. The molecule has 1 aromatic heterocycles. The molecule has 0 saturated carbocycles. The van der Waals surface area contributed by atoms with E-state index >= 15 is 0 Å². The number of amides is 2.